The van der Waals surface area contributed by atoms with Gasteiger partial charge in [-0.3, -0.25) is 0 Å². The largest absolute Gasteiger partial charge is 0.508 e. The molecule has 0 saturated carbocycles. The highest BCUT2D eigenvalue weighted by Crippen LogP contribution is 2.30. The molecule has 2 aromatic carbocycles. The maximum absolute atomic E-state index is 13.1. The summed E-state index contributed by atoms with van der Waals surface area (Å²) in [5, 5.41) is 21.7. The molecule has 2 N–H and O–H groups in total. The number of nitriles is 1. The molecule has 0 saturated heterocycles. The first-order chi connectivity index (χ1) is 9.51. The zero-order valence-corrected chi connectivity index (χ0v) is 12.4. The van der Waals surface area contributed by atoms with E-state index in [1.165, 1.54) is 30.3 Å². The molecule has 20 heavy (non-hydrogen) atoms. The van der Waals surface area contributed by atoms with Gasteiger partial charge in [-0.1, -0.05) is 27.5 Å². The molecule has 0 spiro atoms. The number of halogens is 3. The molecule has 0 aliphatic rings. The van der Waals surface area contributed by atoms with Crippen LogP contribution < -0.4 is 5.32 Å². The molecular formula is C14H9BrClFN2O. The summed E-state index contributed by atoms with van der Waals surface area (Å²) in [6.45, 7) is 0. The fourth-order valence-corrected chi connectivity index (χ4v) is 2.34. The first kappa shape index (κ1) is 14.6. The zero-order chi connectivity index (χ0) is 14.7. The molecule has 0 bridgehead atoms. The van der Waals surface area contributed by atoms with E-state index in [0.717, 1.165) is 0 Å². The van der Waals surface area contributed by atoms with Crippen LogP contribution in [0.4, 0.5) is 10.1 Å². The van der Waals surface area contributed by atoms with E-state index in [1.54, 1.807) is 6.07 Å². The average Bonchev–Trinajstić information content (AvgIpc) is 2.43. The van der Waals surface area contributed by atoms with Crippen LogP contribution in [0.1, 0.15) is 11.6 Å². The summed E-state index contributed by atoms with van der Waals surface area (Å²) in [6, 6.07) is 10.1. The fraction of sp³-hybridized carbons (Fsp3) is 0.0714. The van der Waals surface area contributed by atoms with Crippen LogP contribution in [-0.2, 0) is 0 Å². The molecular weight excluding hydrogens is 347 g/mol. The number of benzene rings is 2. The van der Waals surface area contributed by atoms with Crippen LogP contribution in [0.15, 0.2) is 40.9 Å². The van der Waals surface area contributed by atoms with Crippen molar-refractivity contribution in [2.75, 3.05) is 5.32 Å². The van der Waals surface area contributed by atoms with E-state index in [4.69, 9.17) is 11.6 Å². The van der Waals surface area contributed by atoms with Crippen molar-refractivity contribution in [2.45, 2.75) is 6.04 Å². The number of phenolic OH excluding ortho intramolecular Hbond substituents is 1. The van der Waals surface area contributed by atoms with Gasteiger partial charge >= 0.3 is 0 Å². The Morgan fingerprint density at radius 1 is 1.30 bits per heavy atom. The Hall–Kier alpha value is -1.77. The summed E-state index contributed by atoms with van der Waals surface area (Å²) in [5.74, 6) is -0.466. The Labute approximate surface area is 128 Å². The molecule has 0 fully saturated rings. The number of anilines is 1. The van der Waals surface area contributed by atoms with Crippen molar-refractivity contribution in [1.29, 1.82) is 5.26 Å². The first-order valence-electron chi connectivity index (χ1n) is 5.61. The van der Waals surface area contributed by atoms with Gasteiger partial charge in [-0.15, -0.1) is 0 Å². The van der Waals surface area contributed by atoms with Gasteiger partial charge in [0.05, 0.1) is 11.1 Å². The van der Waals surface area contributed by atoms with Crippen LogP contribution in [0.5, 0.6) is 5.75 Å². The summed E-state index contributed by atoms with van der Waals surface area (Å²) in [6.07, 6.45) is 0. The van der Waals surface area contributed by atoms with Gasteiger partial charge in [0, 0.05) is 15.7 Å². The molecule has 0 heterocycles. The Morgan fingerprint density at radius 2 is 2.05 bits per heavy atom. The lowest BCUT2D eigenvalue weighted by Crippen LogP contribution is -2.09. The standard InChI is InChI=1S/C14H9BrClFN2O/c15-11-3-2-9(20)6-10(11)14(7-18)19-8-1-4-13(17)12(16)5-8/h1-6,14,19-20H. The Kier molecular flexibility index (Phi) is 4.48. The number of aromatic hydroxyl groups is 1. The van der Waals surface area contributed by atoms with Crippen molar-refractivity contribution in [3.63, 3.8) is 0 Å². The Bertz CT molecular complexity index is 687. The molecule has 3 nitrogen and oxygen atoms in total. The van der Waals surface area contributed by atoms with Crippen LogP contribution in [0.3, 0.4) is 0 Å². The zero-order valence-electron chi connectivity index (χ0n) is 10.1. The average molecular weight is 356 g/mol. The molecule has 0 aromatic heterocycles. The van der Waals surface area contributed by atoms with Crippen molar-refractivity contribution in [2.24, 2.45) is 0 Å². The lowest BCUT2D eigenvalue weighted by molar-refractivity contribution is 0.474. The molecule has 0 radical (unpaired) electrons. The number of hydrogen-bond acceptors (Lipinski definition) is 3. The summed E-state index contributed by atoms with van der Waals surface area (Å²) in [4.78, 5) is 0. The van der Waals surface area contributed by atoms with Crippen LogP contribution in [0, 0.1) is 17.1 Å². The van der Waals surface area contributed by atoms with E-state index in [9.17, 15) is 14.8 Å². The van der Waals surface area contributed by atoms with Gasteiger partial charge in [-0.25, -0.2) is 4.39 Å². The van der Waals surface area contributed by atoms with Gasteiger partial charge in [0.15, 0.2) is 0 Å². The van der Waals surface area contributed by atoms with Crippen LogP contribution in [0.2, 0.25) is 5.02 Å². The van der Waals surface area contributed by atoms with E-state index in [1.807, 2.05) is 0 Å². The first-order valence-corrected chi connectivity index (χ1v) is 6.78. The van der Waals surface area contributed by atoms with Gasteiger partial charge in [-0.05, 0) is 36.4 Å². The van der Waals surface area contributed by atoms with Crippen molar-refractivity contribution >= 4 is 33.2 Å². The topological polar surface area (TPSA) is 56.0 Å². The minimum Gasteiger partial charge on any atom is -0.508 e. The molecule has 2 aromatic rings. The number of phenols is 1. The van der Waals surface area contributed by atoms with Crippen LogP contribution in [0.25, 0.3) is 0 Å². The molecule has 2 rings (SSSR count). The molecule has 0 amide bonds. The maximum atomic E-state index is 13.1. The SMILES string of the molecule is N#CC(Nc1ccc(F)c(Cl)c1)c1cc(O)ccc1Br. The molecule has 0 aliphatic heterocycles. The highest BCUT2D eigenvalue weighted by atomic mass is 79.9. The third-order valence-corrected chi connectivity index (χ3v) is 3.66. The second-order valence-electron chi connectivity index (χ2n) is 4.04. The van der Waals surface area contributed by atoms with Crippen molar-refractivity contribution in [1.82, 2.24) is 0 Å². The third-order valence-electron chi connectivity index (χ3n) is 2.65. The van der Waals surface area contributed by atoms with Crippen LogP contribution >= 0.6 is 27.5 Å². The number of nitrogens with zero attached hydrogens (tertiary/aromatic N) is 1. The predicted octanol–water partition coefficient (Wildman–Crippen LogP) is 4.62. The second kappa shape index (κ2) is 6.12. The Balaban J connectivity index is 2.31. The monoisotopic (exact) mass is 354 g/mol. The van der Waals surface area contributed by atoms with E-state index in [0.29, 0.717) is 15.7 Å². The van der Waals surface area contributed by atoms with E-state index >= 15 is 0 Å². The van der Waals surface area contributed by atoms with Gasteiger partial charge in [0.1, 0.15) is 17.6 Å². The van der Waals surface area contributed by atoms with E-state index in [-0.39, 0.29) is 10.8 Å². The Morgan fingerprint density at radius 3 is 2.70 bits per heavy atom. The van der Waals surface area contributed by atoms with Gasteiger partial charge < -0.3 is 10.4 Å². The minimum atomic E-state index is -0.710. The van der Waals surface area contributed by atoms with Crippen molar-refractivity contribution in [3.05, 3.63) is 57.3 Å². The van der Waals surface area contributed by atoms with Gasteiger partial charge in [0.25, 0.3) is 0 Å². The summed E-state index contributed by atoms with van der Waals surface area (Å²) >= 11 is 9.02. The maximum Gasteiger partial charge on any atom is 0.141 e. The minimum absolute atomic E-state index is 0.0262. The smallest absolute Gasteiger partial charge is 0.141 e. The summed E-state index contributed by atoms with van der Waals surface area (Å²) in [7, 11) is 0. The predicted molar refractivity (Wildman–Crippen MR) is 79.2 cm³/mol. The molecule has 0 aliphatic carbocycles. The highest BCUT2D eigenvalue weighted by molar-refractivity contribution is 9.10. The molecule has 1 unspecified atom stereocenters. The molecule has 6 heteroatoms. The number of rotatable bonds is 3. The molecule has 1 atom stereocenters. The van der Waals surface area contributed by atoms with Crippen molar-refractivity contribution in [3.8, 4) is 11.8 Å². The summed E-state index contributed by atoms with van der Waals surface area (Å²) in [5.41, 5.74) is 1.09. The van der Waals surface area contributed by atoms with Gasteiger partial charge in [-0.2, -0.15) is 5.26 Å². The van der Waals surface area contributed by atoms with E-state index < -0.39 is 11.9 Å². The van der Waals surface area contributed by atoms with Gasteiger partial charge in [0.2, 0.25) is 0 Å². The summed E-state index contributed by atoms with van der Waals surface area (Å²) < 4.78 is 13.8. The van der Waals surface area contributed by atoms with E-state index in [2.05, 4.69) is 27.3 Å². The third kappa shape index (κ3) is 3.21. The highest BCUT2D eigenvalue weighted by Gasteiger charge is 2.15. The quantitative estimate of drug-likeness (QED) is 0.844. The van der Waals surface area contributed by atoms with Crippen molar-refractivity contribution < 1.29 is 9.50 Å². The second-order valence-corrected chi connectivity index (χ2v) is 5.30. The lowest BCUT2D eigenvalue weighted by Gasteiger charge is -2.15. The lowest BCUT2D eigenvalue weighted by atomic mass is 10.1. The molecule has 102 valence electrons. The number of nitrogens with one attached hydrogen (secondary N) is 1. The fourth-order valence-electron chi connectivity index (χ4n) is 1.68. The van der Waals surface area contributed by atoms with Crippen LogP contribution in [-0.4, -0.2) is 5.11 Å². The normalized spacial score (nSPS) is 11.7. The number of hydrogen-bond donors (Lipinski definition) is 2.